The lowest BCUT2D eigenvalue weighted by atomic mass is 10.2. The van der Waals surface area contributed by atoms with E-state index in [-0.39, 0.29) is 11.5 Å². The number of thiocarbonyl (C=S) groups is 1. The number of rotatable bonds is 3. The summed E-state index contributed by atoms with van der Waals surface area (Å²) in [6, 6.07) is 15.6. The second-order valence-electron chi connectivity index (χ2n) is 7.97. The van der Waals surface area contributed by atoms with Gasteiger partial charge in [0.1, 0.15) is 25.7 Å². The minimum absolute atomic E-state index is 0.132. The van der Waals surface area contributed by atoms with Crippen LogP contribution in [0.5, 0.6) is 5.75 Å². The van der Waals surface area contributed by atoms with Crippen molar-refractivity contribution in [2.45, 2.75) is 11.4 Å². The molecule has 0 saturated carbocycles. The molecule has 1 saturated heterocycles. The van der Waals surface area contributed by atoms with E-state index >= 15 is 0 Å². The fourth-order valence-electron chi connectivity index (χ4n) is 4.03. The zero-order chi connectivity index (χ0) is 24.1. The second-order valence-corrected chi connectivity index (χ2v) is 10.4. The van der Waals surface area contributed by atoms with Crippen LogP contribution in [0.4, 0.5) is 5.69 Å². The molecule has 3 heterocycles. The summed E-state index contributed by atoms with van der Waals surface area (Å²) in [5.74, 6) is 0.540. The highest BCUT2D eigenvalue weighted by molar-refractivity contribution is 8.08. The van der Waals surface area contributed by atoms with Crippen LogP contribution in [-0.2, 0) is 11.3 Å². The molecule has 174 valence electrons. The summed E-state index contributed by atoms with van der Waals surface area (Å²) in [4.78, 5) is 33.1. The van der Waals surface area contributed by atoms with Crippen molar-refractivity contribution in [3.63, 3.8) is 0 Å². The molecule has 1 amide bonds. The highest BCUT2D eigenvalue weighted by Gasteiger charge is 2.35. The molecule has 7 nitrogen and oxygen atoms in total. The predicted octanol–water partition coefficient (Wildman–Crippen LogP) is 2.07. The van der Waals surface area contributed by atoms with Crippen molar-refractivity contribution in [3.8, 4) is 5.75 Å². The van der Waals surface area contributed by atoms with Gasteiger partial charge in [-0.25, -0.2) is 0 Å². The van der Waals surface area contributed by atoms with Crippen LogP contribution < -0.4 is 24.4 Å². The third-order valence-corrected chi connectivity index (χ3v) is 9.01. The number of carbonyl (C=O) groups is 1. The topological polar surface area (TPSA) is 58.0 Å². The summed E-state index contributed by atoms with van der Waals surface area (Å²) in [6.07, 6.45) is 0. The highest BCUT2D eigenvalue weighted by atomic mass is 32.2. The molecule has 0 unspecified atom stereocenters. The van der Waals surface area contributed by atoms with Gasteiger partial charge in [-0.3, -0.25) is 19.1 Å². The lowest BCUT2D eigenvalue weighted by Crippen LogP contribution is -2.36. The maximum Gasteiger partial charge on any atom is 0.279 e. The van der Waals surface area contributed by atoms with Crippen LogP contribution in [0.25, 0.3) is 10.7 Å². The van der Waals surface area contributed by atoms with Crippen LogP contribution in [0.2, 0.25) is 0 Å². The first-order chi connectivity index (χ1) is 16.3. The first-order valence-corrected chi connectivity index (χ1v) is 12.5. The molecule has 0 N–H and O–H groups in total. The van der Waals surface area contributed by atoms with Gasteiger partial charge in [-0.2, -0.15) is 0 Å². The Morgan fingerprint density at radius 2 is 1.71 bits per heavy atom. The number of anilines is 1. The Balaban J connectivity index is 1.78. The number of thiazole rings is 1. The number of aromatic nitrogens is 1. The maximum atomic E-state index is 13.8. The second kappa shape index (κ2) is 8.61. The molecule has 2 aliphatic rings. The zero-order valence-corrected chi connectivity index (χ0v) is 21.5. The number of ether oxygens (including phenoxy) is 1. The molecule has 0 radical (unpaired) electrons. The minimum Gasteiger partial charge on any atom is -0.497 e. The van der Waals surface area contributed by atoms with Crippen LogP contribution in [0.3, 0.4) is 0 Å². The molecular weight excluding hydrogens is 488 g/mol. The number of hydrogen-bond acceptors (Lipinski definition) is 7. The number of likely N-dealkylation sites (N-methyl/N-ethyl adjacent to an activating group) is 2. The number of methoxy groups -OCH3 is 1. The van der Waals surface area contributed by atoms with Crippen LogP contribution in [0.15, 0.2) is 58.2 Å². The Kier molecular flexibility index (Phi) is 5.75. The SMILES string of the molecule is COc1ccc2c(c1)N(C)/C(=c1\sc(=C3C(=O)N(C)C(=S)N3C)n(Cc3ccccc3)c1=O)S2. The first-order valence-electron chi connectivity index (χ1n) is 10.5. The van der Waals surface area contributed by atoms with Crippen molar-refractivity contribution < 1.29 is 9.53 Å². The number of nitrogens with zero attached hydrogens (tertiary/aromatic N) is 4. The van der Waals surface area contributed by atoms with Gasteiger partial charge in [0, 0.05) is 32.1 Å². The van der Waals surface area contributed by atoms with E-state index in [2.05, 4.69) is 0 Å². The van der Waals surface area contributed by atoms with E-state index in [1.807, 2.05) is 60.5 Å². The summed E-state index contributed by atoms with van der Waals surface area (Å²) in [6.45, 7) is 0.356. The molecule has 1 fully saturated rings. The molecule has 10 heteroatoms. The van der Waals surface area contributed by atoms with E-state index in [0.717, 1.165) is 26.9 Å². The molecule has 2 aromatic carbocycles. The van der Waals surface area contributed by atoms with Crippen LogP contribution >= 0.6 is 35.3 Å². The van der Waals surface area contributed by atoms with E-state index in [0.29, 0.717) is 26.5 Å². The van der Waals surface area contributed by atoms with E-state index in [1.54, 1.807) is 42.4 Å². The zero-order valence-electron chi connectivity index (χ0n) is 19.1. The van der Waals surface area contributed by atoms with Gasteiger partial charge >= 0.3 is 0 Å². The van der Waals surface area contributed by atoms with Gasteiger partial charge in [-0.05, 0) is 29.9 Å². The summed E-state index contributed by atoms with van der Waals surface area (Å²) in [5, 5.41) is 1.24. The molecule has 5 rings (SSSR count). The van der Waals surface area contributed by atoms with Gasteiger partial charge in [-0.1, -0.05) is 42.1 Å². The van der Waals surface area contributed by atoms with Gasteiger partial charge in [-0.15, -0.1) is 11.3 Å². The Bertz CT molecular complexity index is 1510. The lowest BCUT2D eigenvalue weighted by Gasteiger charge is -2.13. The van der Waals surface area contributed by atoms with Gasteiger partial charge < -0.3 is 14.5 Å². The summed E-state index contributed by atoms with van der Waals surface area (Å²) in [7, 11) is 7.00. The monoisotopic (exact) mass is 510 g/mol. The van der Waals surface area contributed by atoms with Gasteiger partial charge in [0.2, 0.25) is 0 Å². The van der Waals surface area contributed by atoms with Gasteiger partial charge in [0.25, 0.3) is 11.5 Å². The average molecular weight is 511 g/mol. The average Bonchev–Trinajstić information content (AvgIpc) is 3.40. The van der Waals surface area contributed by atoms with Crippen LogP contribution in [-0.4, -0.2) is 53.6 Å². The number of hydrogen-bond donors (Lipinski definition) is 0. The number of fused-ring (bicyclic) bond motifs is 1. The Morgan fingerprint density at radius 1 is 0.971 bits per heavy atom. The van der Waals surface area contributed by atoms with Gasteiger partial charge in [0.05, 0.1) is 19.3 Å². The molecular formula is C24H22N4O3S3. The third-order valence-electron chi connectivity index (χ3n) is 5.92. The summed E-state index contributed by atoms with van der Waals surface area (Å²) in [5.41, 5.74) is 2.24. The maximum absolute atomic E-state index is 13.8. The number of carbonyl (C=O) groups excluding carboxylic acids is 1. The summed E-state index contributed by atoms with van der Waals surface area (Å²) >= 11 is 8.30. The van der Waals surface area contributed by atoms with Crippen molar-refractivity contribution in [2.24, 2.45) is 0 Å². The van der Waals surface area contributed by atoms with Crippen molar-refractivity contribution in [2.75, 3.05) is 33.2 Å². The third kappa shape index (κ3) is 3.53. The molecule has 0 aliphatic carbocycles. The number of thioether (sulfide) groups is 1. The fraction of sp³-hybridized carbons (Fsp3) is 0.208. The molecule has 2 aliphatic heterocycles. The normalized spacial score (nSPS) is 18.8. The molecule has 1 aromatic heterocycles. The first kappa shape index (κ1) is 22.7. The Hall–Kier alpha value is -3.08. The minimum atomic E-state index is -0.215. The standard InChI is InChI=1S/C24H22N4O3S3/c1-25-16-12-15(31-4)10-11-17(16)33-23(25)19-21(30)28(13-14-8-6-5-7-9-14)22(34-19)18-20(29)27(3)24(32)26(18)2/h5-12H,13H2,1-4H3/b22-18?,23-19+. The van der Waals surface area contributed by atoms with Crippen molar-refractivity contribution in [1.82, 2.24) is 14.4 Å². The smallest absolute Gasteiger partial charge is 0.279 e. The van der Waals surface area contributed by atoms with Crippen molar-refractivity contribution >= 4 is 62.7 Å². The van der Waals surface area contributed by atoms with E-state index < -0.39 is 0 Å². The van der Waals surface area contributed by atoms with E-state index in [9.17, 15) is 9.59 Å². The number of benzene rings is 2. The van der Waals surface area contributed by atoms with Crippen LogP contribution in [0, 0.1) is 0 Å². The largest absolute Gasteiger partial charge is 0.497 e. The van der Waals surface area contributed by atoms with Crippen molar-refractivity contribution in [1.29, 1.82) is 0 Å². The lowest BCUT2D eigenvalue weighted by molar-refractivity contribution is -0.120. The predicted molar refractivity (Wildman–Crippen MR) is 141 cm³/mol. The fourth-order valence-corrected chi connectivity index (χ4v) is 6.71. The molecule has 0 spiro atoms. The molecule has 0 atom stereocenters. The van der Waals surface area contributed by atoms with E-state index in [1.165, 1.54) is 16.2 Å². The van der Waals surface area contributed by atoms with E-state index in [4.69, 9.17) is 17.0 Å². The highest BCUT2D eigenvalue weighted by Crippen LogP contribution is 2.46. The van der Waals surface area contributed by atoms with Crippen molar-refractivity contribution in [3.05, 3.63) is 73.6 Å². The van der Waals surface area contributed by atoms with Gasteiger partial charge in [0.15, 0.2) is 5.11 Å². The molecule has 3 aromatic rings. The quantitative estimate of drug-likeness (QED) is 0.500. The summed E-state index contributed by atoms with van der Waals surface area (Å²) < 4.78 is 8.25. The Morgan fingerprint density at radius 3 is 2.35 bits per heavy atom. The molecule has 34 heavy (non-hydrogen) atoms. The Labute approximate surface area is 210 Å². The molecule has 0 bridgehead atoms. The number of amides is 1. The van der Waals surface area contributed by atoms with Crippen LogP contribution in [0.1, 0.15) is 5.56 Å².